The highest BCUT2D eigenvalue weighted by Gasteiger charge is 2.30. The number of carbonyl (C=O) groups is 1. The van der Waals surface area contributed by atoms with E-state index in [1.165, 1.54) is 5.56 Å². The van der Waals surface area contributed by atoms with Crippen LogP contribution in [0.1, 0.15) is 44.9 Å². The van der Waals surface area contributed by atoms with Crippen LogP contribution in [-0.2, 0) is 11.3 Å². The molecule has 0 aromatic carbocycles. The zero-order valence-electron chi connectivity index (χ0n) is 13.7. The Morgan fingerprint density at radius 2 is 2.29 bits per heavy atom. The van der Waals surface area contributed by atoms with E-state index >= 15 is 0 Å². The number of aryl methyl sites for hydroxylation is 1. The fourth-order valence-electron chi connectivity index (χ4n) is 3.09. The summed E-state index contributed by atoms with van der Waals surface area (Å²) < 4.78 is 5.49. The molecule has 1 N–H and O–H groups in total. The monoisotopic (exact) mass is 292 g/mol. The third-order valence-corrected chi connectivity index (χ3v) is 4.56. The minimum atomic E-state index is 0.0952. The van der Waals surface area contributed by atoms with E-state index in [1.54, 1.807) is 6.26 Å². The Balaban J connectivity index is 1.90. The SMILES string of the molecule is CC[C@@H]1CN(C(=O)C(C)C)CC[C@H]1NCc1occc1C. The van der Waals surface area contributed by atoms with Crippen LogP contribution in [-0.4, -0.2) is 29.9 Å². The molecule has 0 saturated carbocycles. The topological polar surface area (TPSA) is 45.5 Å². The summed E-state index contributed by atoms with van der Waals surface area (Å²) in [6.07, 6.45) is 3.86. The molecule has 0 unspecified atom stereocenters. The molecule has 0 radical (unpaired) electrons. The first-order chi connectivity index (χ1) is 10.0. The average molecular weight is 292 g/mol. The lowest BCUT2D eigenvalue weighted by atomic mass is 9.89. The molecule has 2 rings (SSSR count). The molecule has 1 aromatic heterocycles. The van der Waals surface area contributed by atoms with Crippen LogP contribution in [0.3, 0.4) is 0 Å². The fraction of sp³-hybridized carbons (Fsp3) is 0.706. The number of piperidine rings is 1. The van der Waals surface area contributed by atoms with Crippen molar-refractivity contribution in [3.05, 3.63) is 23.7 Å². The molecule has 118 valence electrons. The van der Waals surface area contributed by atoms with Crippen LogP contribution < -0.4 is 5.32 Å². The smallest absolute Gasteiger partial charge is 0.225 e. The molecule has 1 aliphatic rings. The third-order valence-electron chi connectivity index (χ3n) is 4.56. The number of furan rings is 1. The number of hydrogen-bond acceptors (Lipinski definition) is 3. The van der Waals surface area contributed by atoms with Gasteiger partial charge in [0.25, 0.3) is 0 Å². The van der Waals surface area contributed by atoms with Gasteiger partial charge in [-0.15, -0.1) is 0 Å². The number of hydrogen-bond donors (Lipinski definition) is 1. The summed E-state index contributed by atoms with van der Waals surface area (Å²) in [6.45, 7) is 10.8. The maximum atomic E-state index is 12.1. The molecule has 4 nitrogen and oxygen atoms in total. The summed E-state index contributed by atoms with van der Waals surface area (Å²) in [4.78, 5) is 14.2. The second-order valence-corrected chi connectivity index (χ2v) is 6.41. The first-order valence-electron chi connectivity index (χ1n) is 8.08. The predicted octanol–water partition coefficient (Wildman–Crippen LogP) is 2.96. The molecule has 1 aromatic rings. The minimum absolute atomic E-state index is 0.0952. The number of nitrogens with one attached hydrogen (secondary N) is 1. The van der Waals surface area contributed by atoms with Gasteiger partial charge in [-0.2, -0.15) is 0 Å². The second kappa shape index (κ2) is 7.12. The molecule has 4 heteroatoms. The van der Waals surface area contributed by atoms with E-state index in [1.807, 2.05) is 24.8 Å². The van der Waals surface area contributed by atoms with Gasteiger partial charge in [-0.25, -0.2) is 0 Å². The van der Waals surface area contributed by atoms with Crippen molar-refractivity contribution < 1.29 is 9.21 Å². The van der Waals surface area contributed by atoms with Gasteiger partial charge in [0.15, 0.2) is 0 Å². The highest BCUT2D eigenvalue weighted by Crippen LogP contribution is 2.22. The summed E-state index contributed by atoms with van der Waals surface area (Å²) in [7, 11) is 0. The van der Waals surface area contributed by atoms with E-state index in [9.17, 15) is 4.79 Å². The molecule has 1 amide bonds. The van der Waals surface area contributed by atoms with Crippen LogP contribution in [0.5, 0.6) is 0 Å². The summed E-state index contributed by atoms with van der Waals surface area (Å²) in [5.41, 5.74) is 1.20. The normalized spacial score (nSPS) is 22.8. The van der Waals surface area contributed by atoms with E-state index in [4.69, 9.17) is 4.42 Å². The highest BCUT2D eigenvalue weighted by molar-refractivity contribution is 5.78. The van der Waals surface area contributed by atoms with Gasteiger partial charge in [0.2, 0.25) is 5.91 Å². The number of likely N-dealkylation sites (tertiary alicyclic amines) is 1. The van der Waals surface area contributed by atoms with Gasteiger partial charge in [-0.05, 0) is 30.9 Å². The van der Waals surface area contributed by atoms with Crippen molar-refractivity contribution in [2.24, 2.45) is 11.8 Å². The molecule has 21 heavy (non-hydrogen) atoms. The zero-order valence-corrected chi connectivity index (χ0v) is 13.7. The Hall–Kier alpha value is -1.29. The number of rotatable bonds is 5. The van der Waals surface area contributed by atoms with Crippen LogP contribution >= 0.6 is 0 Å². The fourth-order valence-corrected chi connectivity index (χ4v) is 3.09. The van der Waals surface area contributed by atoms with E-state index < -0.39 is 0 Å². The second-order valence-electron chi connectivity index (χ2n) is 6.41. The lowest BCUT2D eigenvalue weighted by molar-refractivity contribution is -0.136. The maximum absolute atomic E-state index is 12.1. The maximum Gasteiger partial charge on any atom is 0.225 e. The number of carbonyl (C=O) groups excluding carboxylic acids is 1. The summed E-state index contributed by atoms with van der Waals surface area (Å²) in [5.74, 6) is 1.92. The van der Waals surface area contributed by atoms with E-state index in [0.717, 1.165) is 38.2 Å². The highest BCUT2D eigenvalue weighted by atomic mass is 16.3. The Morgan fingerprint density at radius 3 is 2.86 bits per heavy atom. The van der Waals surface area contributed by atoms with Crippen molar-refractivity contribution in [2.45, 2.75) is 53.1 Å². The van der Waals surface area contributed by atoms with Crippen LogP contribution in [0.2, 0.25) is 0 Å². The molecule has 2 atom stereocenters. The molecule has 1 fully saturated rings. The van der Waals surface area contributed by atoms with Crippen molar-refractivity contribution in [1.82, 2.24) is 10.2 Å². The van der Waals surface area contributed by atoms with E-state index in [2.05, 4.69) is 19.2 Å². The van der Waals surface area contributed by atoms with Gasteiger partial charge < -0.3 is 14.6 Å². The molecule has 1 aliphatic heterocycles. The Morgan fingerprint density at radius 1 is 1.52 bits per heavy atom. The van der Waals surface area contributed by atoms with Gasteiger partial charge >= 0.3 is 0 Å². The van der Waals surface area contributed by atoms with Gasteiger partial charge in [0.1, 0.15) is 5.76 Å². The zero-order chi connectivity index (χ0) is 15.4. The van der Waals surface area contributed by atoms with Crippen molar-refractivity contribution in [3.63, 3.8) is 0 Å². The van der Waals surface area contributed by atoms with Crippen molar-refractivity contribution in [3.8, 4) is 0 Å². The van der Waals surface area contributed by atoms with Gasteiger partial charge in [0, 0.05) is 25.0 Å². The van der Waals surface area contributed by atoms with Gasteiger partial charge in [-0.3, -0.25) is 4.79 Å². The van der Waals surface area contributed by atoms with Crippen LogP contribution in [0.25, 0.3) is 0 Å². The Bertz CT molecular complexity index is 467. The molecule has 0 bridgehead atoms. The van der Waals surface area contributed by atoms with E-state index in [0.29, 0.717) is 12.0 Å². The molecular weight excluding hydrogens is 264 g/mol. The van der Waals surface area contributed by atoms with Crippen molar-refractivity contribution >= 4 is 5.91 Å². The minimum Gasteiger partial charge on any atom is -0.468 e. The molecule has 1 saturated heterocycles. The van der Waals surface area contributed by atoms with Crippen LogP contribution in [0.15, 0.2) is 16.7 Å². The Kier molecular flexibility index (Phi) is 5.45. The predicted molar refractivity (Wildman–Crippen MR) is 83.9 cm³/mol. The van der Waals surface area contributed by atoms with Crippen LogP contribution in [0.4, 0.5) is 0 Å². The molecule has 0 aliphatic carbocycles. The Labute approximate surface area is 127 Å². The summed E-state index contributed by atoms with van der Waals surface area (Å²) in [6, 6.07) is 2.47. The standard InChI is InChI=1S/C17H28N2O2/c1-5-14-11-19(17(20)12(2)3)8-6-15(14)18-10-16-13(4)7-9-21-16/h7,9,12,14-15,18H,5-6,8,10-11H2,1-4H3/t14-,15-/m1/s1. The molecule has 2 heterocycles. The van der Waals surface area contributed by atoms with E-state index in [-0.39, 0.29) is 11.8 Å². The lowest BCUT2D eigenvalue weighted by Gasteiger charge is -2.39. The van der Waals surface area contributed by atoms with Crippen molar-refractivity contribution in [1.29, 1.82) is 0 Å². The van der Waals surface area contributed by atoms with Crippen molar-refractivity contribution in [2.75, 3.05) is 13.1 Å². The third kappa shape index (κ3) is 3.88. The summed E-state index contributed by atoms with van der Waals surface area (Å²) in [5, 5.41) is 3.62. The quantitative estimate of drug-likeness (QED) is 0.907. The first kappa shape index (κ1) is 16.1. The van der Waals surface area contributed by atoms with Crippen LogP contribution in [0, 0.1) is 18.8 Å². The summed E-state index contributed by atoms with van der Waals surface area (Å²) >= 11 is 0. The first-order valence-corrected chi connectivity index (χ1v) is 8.08. The number of nitrogens with zero attached hydrogens (tertiary/aromatic N) is 1. The molecular formula is C17H28N2O2. The molecule has 0 spiro atoms. The lowest BCUT2D eigenvalue weighted by Crippen LogP contribution is -2.51. The van der Waals surface area contributed by atoms with Gasteiger partial charge in [-0.1, -0.05) is 27.2 Å². The largest absolute Gasteiger partial charge is 0.468 e. The average Bonchev–Trinajstić information content (AvgIpc) is 2.89. The van der Waals surface area contributed by atoms with Gasteiger partial charge in [0.05, 0.1) is 12.8 Å². The number of amides is 1.